The third-order valence-electron chi connectivity index (χ3n) is 3.04. The van der Waals surface area contributed by atoms with E-state index in [0.717, 1.165) is 16.7 Å². The van der Waals surface area contributed by atoms with Gasteiger partial charge >= 0.3 is 0 Å². The van der Waals surface area contributed by atoms with Crippen molar-refractivity contribution >= 4 is 32.5 Å². The fourth-order valence-corrected chi connectivity index (χ4v) is 2.80. The van der Waals surface area contributed by atoms with Gasteiger partial charge in [-0.3, -0.25) is 0 Å². The van der Waals surface area contributed by atoms with E-state index < -0.39 is 0 Å². The lowest BCUT2D eigenvalue weighted by atomic mass is 10.2. The monoisotopic (exact) mass is 300 g/mol. The quantitative estimate of drug-likeness (QED) is 0.712. The fraction of sp³-hybridized carbons (Fsp3) is 0.0667. The van der Waals surface area contributed by atoms with E-state index in [0.29, 0.717) is 0 Å². The number of nitrogens with zero attached hydrogens (tertiary/aromatic N) is 1. The van der Waals surface area contributed by atoms with Gasteiger partial charge in [0.1, 0.15) is 0 Å². The van der Waals surface area contributed by atoms with E-state index in [1.165, 1.54) is 16.5 Å². The molecule has 0 fully saturated rings. The van der Waals surface area contributed by atoms with Gasteiger partial charge in [0.05, 0.1) is 0 Å². The third-order valence-corrected chi connectivity index (χ3v) is 3.68. The summed E-state index contributed by atoms with van der Waals surface area (Å²) in [5.74, 6) is 0. The summed E-state index contributed by atoms with van der Waals surface area (Å²) in [4.78, 5) is 0. The number of halogens is 1. The fourth-order valence-electron chi connectivity index (χ4n) is 2.22. The molecule has 0 atom stereocenters. The number of para-hydroxylation sites is 1. The Kier molecular flexibility index (Phi) is 2.84. The predicted octanol–water partition coefficient (Wildman–Crippen LogP) is 4.03. The second-order valence-electron chi connectivity index (χ2n) is 4.37. The van der Waals surface area contributed by atoms with Crippen LogP contribution in [0.5, 0.6) is 0 Å². The maximum absolute atomic E-state index is 5.81. The normalized spacial score (nSPS) is 10.9. The van der Waals surface area contributed by atoms with Crippen LogP contribution in [0.15, 0.2) is 59.2 Å². The van der Waals surface area contributed by atoms with E-state index in [-0.39, 0.29) is 0 Å². The van der Waals surface area contributed by atoms with Crippen LogP contribution >= 0.6 is 15.9 Å². The summed E-state index contributed by atoms with van der Waals surface area (Å²) < 4.78 is 3.36. The molecule has 0 aliphatic carbocycles. The number of hydrogen-bond acceptors (Lipinski definition) is 1. The molecule has 0 saturated heterocycles. The Bertz CT molecular complexity index is 701. The minimum Gasteiger partial charge on any atom is -0.399 e. The summed E-state index contributed by atoms with van der Waals surface area (Å²) in [6, 6.07) is 16.4. The average molecular weight is 301 g/mol. The summed E-state index contributed by atoms with van der Waals surface area (Å²) in [7, 11) is 0. The van der Waals surface area contributed by atoms with E-state index in [4.69, 9.17) is 5.73 Å². The standard InChI is InChI=1S/C15H13BrN2/c16-14-10-18(15-7-2-1-6-13(14)15)9-11-4-3-5-12(17)8-11/h1-8,10H,9,17H2. The molecule has 0 aliphatic rings. The molecule has 90 valence electrons. The lowest BCUT2D eigenvalue weighted by Gasteiger charge is -2.06. The van der Waals surface area contributed by atoms with E-state index in [1.807, 2.05) is 18.2 Å². The Hall–Kier alpha value is -1.74. The van der Waals surface area contributed by atoms with Crippen LogP contribution in [0.25, 0.3) is 10.9 Å². The van der Waals surface area contributed by atoms with Crippen molar-refractivity contribution in [2.45, 2.75) is 6.54 Å². The van der Waals surface area contributed by atoms with E-state index in [1.54, 1.807) is 0 Å². The largest absolute Gasteiger partial charge is 0.399 e. The predicted molar refractivity (Wildman–Crippen MR) is 79.6 cm³/mol. The van der Waals surface area contributed by atoms with Gasteiger partial charge in [-0.15, -0.1) is 0 Å². The zero-order valence-corrected chi connectivity index (χ0v) is 11.4. The minimum absolute atomic E-state index is 0.808. The van der Waals surface area contributed by atoms with Gasteiger partial charge in [-0.05, 0) is 39.7 Å². The SMILES string of the molecule is Nc1cccc(Cn2cc(Br)c3ccccc32)c1. The first-order chi connectivity index (χ1) is 8.74. The lowest BCUT2D eigenvalue weighted by molar-refractivity contribution is 0.836. The highest BCUT2D eigenvalue weighted by Crippen LogP contribution is 2.26. The molecular formula is C15H13BrN2. The summed E-state index contributed by atoms with van der Waals surface area (Å²) in [6.07, 6.45) is 2.12. The molecule has 0 spiro atoms. The van der Waals surface area contributed by atoms with E-state index in [9.17, 15) is 0 Å². The molecule has 2 aromatic carbocycles. The molecule has 0 saturated carbocycles. The van der Waals surface area contributed by atoms with Gasteiger partial charge in [-0.25, -0.2) is 0 Å². The molecular weight excluding hydrogens is 288 g/mol. The zero-order valence-electron chi connectivity index (χ0n) is 9.81. The van der Waals surface area contributed by atoms with Crippen LogP contribution in [-0.4, -0.2) is 4.57 Å². The molecule has 3 heteroatoms. The number of nitrogen functional groups attached to an aromatic ring is 1. The number of benzene rings is 2. The van der Waals surface area contributed by atoms with Gasteiger partial charge in [0.2, 0.25) is 0 Å². The Morgan fingerprint density at radius 3 is 2.72 bits per heavy atom. The zero-order chi connectivity index (χ0) is 12.5. The van der Waals surface area contributed by atoms with Gasteiger partial charge in [0, 0.05) is 33.8 Å². The molecule has 1 heterocycles. The first-order valence-electron chi connectivity index (χ1n) is 5.82. The molecule has 3 rings (SSSR count). The van der Waals surface area contributed by atoms with Crippen molar-refractivity contribution in [3.63, 3.8) is 0 Å². The van der Waals surface area contributed by atoms with Crippen molar-refractivity contribution in [3.8, 4) is 0 Å². The smallest absolute Gasteiger partial charge is 0.0495 e. The van der Waals surface area contributed by atoms with Gasteiger partial charge in [-0.2, -0.15) is 0 Å². The molecule has 3 aromatic rings. The maximum Gasteiger partial charge on any atom is 0.0495 e. The van der Waals surface area contributed by atoms with Crippen LogP contribution in [0.4, 0.5) is 5.69 Å². The van der Waals surface area contributed by atoms with Crippen molar-refractivity contribution in [2.24, 2.45) is 0 Å². The molecule has 0 radical (unpaired) electrons. The molecule has 0 amide bonds. The van der Waals surface area contributed by atoms with Gasteiger partial charge < -0.3 is 10.3 Å². The lowest BCUT2D eigenvalue weighted by Crippen LogP contribution is -1.98. The van der Waals surface area contributed by atoms with Crippen LogP contribution in [0.3, 0.4) is 0 Å². The van der Waals surface area contributed by atoms with Crippen LogP contribution in [-0.2, 0) is 6.54 Å². The van der Waals surface area contributed by atoms with Crippen molar-refractivity contribution in [1.82, 2.24) is 4.57 Å². The Labute approximate surface area is 114 Å². The number of anilines is 1. The molecule has 1 aromatic heterocycles. The highest BCUT2D eigenvalue weighted by Gasteiger charge is 2.05. The number of aromatic nitrogens is 1. The molecule has 0 aliphatic heterocycles. The molecule has 2 N–H and O–H groups in total. The van der Waals surface area contributed by atoms with Gasteiger partial charge in [-0.1, -0.05) is 30.3 Å². The second kappa shape index (κ2) is 4.50. The van der Waals surface area contributed by atoms with Crippen LogP contribution in [0.2, 0.25) is 0 Å². The summed E-state index contributed by atoms with van der Waals surface area (Å²) in [5, 5.41) is 1.24. The molecule has 18 heavy (non-hydrogen) atoms. The van der Waals surface area contributed by atoms with Crippen molar-refractivity contribution in [3.05, 3.63) is 64.8 Å². The Morgan fingerprint density at radius 2 is 1.89 bits per heavy atom. The Balaban J connectivity index is 2.05. The molecule has 0 bridgehead atoms. The first kappa shape index (κ1) is 11.4. The van der Waals surface area contributed by atoms with Gasteiger partial charge in [0.25, 0.3) is 0 Å². The maximum atomic E-state index is 5.81. The third kappa shape index (κ3) is 2.02. The van der Waals surface area contributed by atoms with Crippen molar-refractivity contribution < 1.29 is 0 Å². The van der Waals surface area contributed by atoms with Crippen molar-refractivity contribution in [1.29, 1.82) is 0 Å². The Morgan fingerprint density at radius 1 is 1.06 bits per heavy atom. The highest BCUT2D eigenvalue weighted by molar-refractivity contribution is 9.10. The topological polar surface area (TPSA) is 30.9 Å². The van der Waals surface area contributed by atoms with Crippen molar-refractivity contribution in [2.75, 3.05) is 5.73 Å². The summed E-state index contributed by atoms with van der Waals surface area (Å²) >= 11 is 3.60. The minimum atomic E-state index is 0.808. The number of fused-ring (bicyclic) bond motifs is 1. The number of hydrogen-bond donors (Lipinski definition) is 1. The number of rotatable bonds is 2. The second-order valence-corrected chi connectivity index (χ2v) is 5.22. The van der Waals surface area contributed by atoms with Crippen LogP contribution in [0.1, 0.15) is 5.56 Å². The average Bonchev–Trinajstić information content (AvgIpc) is 2.67. The molecule has 2 nitrogen and oxygen atoms in total. The number of nitrogens with two attached hydrogens (primary N) is 1. The summed E-state index contributed by atoms with van der Waals surface area (Å²) in [6.45, 7) is 0.831. The van der Waals surface area contributed by atoms with E-state index in [2.05, 4.69) is 57.0 Å². The van der Waals surface area contributed by atoms with E-state index >= 15 is 0 Å². The molecule has 0 unspecified atom stereocenters. The highest BCUT2D eigenvalue weighted by atomic mass is 79.9. The van der Waals surface area contributed by atoms with Crippen LogP contribution < -0.4 is 5.73 Å². The van der Waals surface area contributed by atoms with Gasteiger partial charge in [0.15, 0.2) is 0 Å². The first-order valence-corrected chi connectivity index (χ1v) is 6.61. The summed E-state index contributed by atoms with van der Waals surface area (Å²) in [5.41, 5.74) is 9.06. The van der Waals surface area contributed by atoms with Crippen LogP contribution in [0, 0.1) is 0 Å².